The van der Waals surface area contributed by atoms with E-state index in [1.54, 1.807) is 0 Å². The van der Waals surface area contributed by atoms with Crippen LogP contribution in [0.25, 0.3) is 0 Å². The standard InChI is InChI=1S/C22H27F3N2/c1-15-4-6-16(7-5-15)17-3-2-9-27(14-17)10-8-19(26)11-18-12-21(24)22(25)13-20(18)23/h4-7,12-13,17,19H,2-3,8-11,14,26H2,1H3/t17?,19-/m0/s1. The predicted molar refractivity (Wildman–Crippen MR) is 102 cm³/mol. The minimum atomic E-state index is -1.17. The second kappa shape index (κ2) is 8.89. The van der Waals surface area contributed by atoms with Crippen molar-refractivity contribution in [2.75, 3.05) is 19.6 Å². The smallest absolute Gasteiger partial charge is 0.161 e. The van der Waals surface area contributed by atoms with E-state index in [4.69, 9.17) is 5.73 Å². The van der Waals surface area contributed by atoms with E-state index < -0.39 is 17.5 Å². The van der Waals surface area contributed by atoms with Crippen molar-refractivity contribution in [1.29, 1.82) is 0 Å². The van der Waals surface area contributed by atoms with E-state index in [0.717, 1.165) is 32.1 Å². The summed E-state index contributed by atoms with van der Waals surface area (Å²) in [7, 11) is 0. The first-order valence-corrected chi connectivity index (χ1v) is 9.60. The van der Waals surface area contributed by atoms with Crippen LogP contribution in [0.2, 0.25) is 0 Å². The predicted octanol–water partition coefficient (Wildman–Crippen LogP) is 4.55. The van der Waals surface area contributed by atoms with Crippen molar-refractivity contribution in [2.24, 2.45) is 5.73 Å². The fourth-order valence-electron chi connectivity index (χ4n) is 3.82. The summed E-state index contributed by atoms with van der Waals surface area (Å²) in [6, 6.07) is 9.94. The molecule has 2 aromatic rings. The van der Waals surface area contributed by atoms with Crippen LogP contribution in [0.1, 0.15) is 41.9 Å². The monoisotopic (exact) mass is 376 g/mol. The number of nitrogens with zero attached hydrogens (tertiary/aromatic N) is 1. The molecule has 0 bridgehead atoms. The van der Waals surface area contributed by atoms with E-state index in [0.29, 0.717) is 18.4 Å². The van der Waals surface area contributed by atoms with E-state index in [1.807, 2.05) is 0 Å². The van der Waals surface area contributed by atoms with Crippen molar-refractivity contribution in [3.05, 3.63) is 70.5 Å². The van der Waals surface area contributed by atoms with Crippen molar-refractivity contribution in [2.45, 2.75) is 44.6 Å². The van der Waals surface area contributed by atoms with Crippen LogP contribution < -0.4 is 5.73 Å². The number of rotatable bonds is 6. The summed E-state index contributed by atoms with van der Waals surface area (Å²) in [5.41, 5.74) is 8.91. The summed E-state index contributed by atoms with van der Waals surface area (Å²) in [5, 5.41) is 0. The molecule has 1 aliphatic rings. The van der Waals surface area contributed by atoms with Gasteiger partial charge in [0.1, 0.15) is 5.82 Å². The summed E-state index contributed by atoms with van der Waals surface area (Å²) in [5.74, 6) is -2.41. The van der Waals surface area contributed by atoms with Crippen molar-refractivity contribution >= 4 is 0 Å². The Bertz CT molecular complexity index is 761. The normalized spacial score (nSPS) is 19.2. The molecule has 2 nitrogen and oxygen atoms in total. The van der Waals surface area contributed by atoms with Crippen LogP contribution in [-0.4, -0.2) is 30.6 Å². The van der Waals surface area contributed by atoms with Gasteiger partial charge in [-0.05, 0) is 68.8 Å². The number of halogens is 3. The number of hydrogen-bond donors (Lipinski definition) is 1. The highest BCUT2D eigenvalue weighted by atomic mass is 19.2. The van der Waals surface area contributed by atoms with Crippen LogP contribution >= 0.6 is 0 Å². The number of likely N-dealkylation sites (tertiary alicyclic amines) is 1. The second-order valence-electron chi connectivity index (χ2n) is 7.66. The van der Waals surface area contributed by atoms with Gasteiger partial charge in [0.15, 0.2) is 11.6 Å². The molecule has 3 rings (SSSR count). The van der Waals surface area contributed by atoms with Gasteiger partial charge >= 0.3 is 0 Å². The van der Waals surface area contributed by atoms with E-state index >= 15 is 0 Å². The Morgan fingerprint density at radius 2 is 1.78 bits per heavy atom. The summed E-state index contributed by atoms with van der Waals surface area (Å²) in [6.45, 7) is 4.95. The van der Waals surface area contributed by atoms with Gasteiger partial charge in [-0.1, -0.05) is 29.8 Å². The fourth-order valence-corrected chi connectivity index (χ4v) is 3.82. The van der Waals surface area contributed by atoms with E-state index in [-0.39, 0.29) is 18.0 Å². The highest BCUT2D eigenvalue weighted by molar-refractivity contribution is 5.25. The third-order valence-corrected chi connectivity index (χ3v) is 5.44. The zero-order valence-electron chi connectivity index (χ0n) is 15.7. The molecule has 0 saturated carbocycles. The SMILES string of the molecule is Cc1ccc(C2CCCN(CC[C@H](N)Cc3cc(F)c(F)cc3F)C2)cc1. The van der Waals surface area contributed by atoms with Crippen molar-refractivity contribution in [3.8, 4) is 0 Å². The first-order chi connectivity index (χ1) is 12.9. The minimum Gasteiger partial charge on any atom is -0.327 e. The van der Waals surface area contributed by atoms with Crippen molar-refractivity contribution in [3.63, 3.8) is 0 Å². The third kappa shape index (κ3) is 5.33. The molecule has 0 radical (unpaired) electrons. The highest BCUT2D eigenvalue weighted by Crippen LogP contribution is 2.27. The molecular formula is C22H27F3N2. The molecule has 1 saturated heterocycles. The number of benzene rings is 2. The van der Waals surface area contributed by atoms with Gasteiger partial charge in [-0.15, -0.1) is 0 Å². The van der Waals surface area contributed by atoms with Crippen molar-refractivity contribution < 1.29 is 13.2 Å². The molecule has 1 unspecified atom stereocenters. The Kier molecular flexibility index (Phi) is 6.55. The van der Waals surface area contributed by atoms with Gasteiger partial charge in [0.25, 0.3) is 0 Å². The largest absolute Gasteiger partial charge is 0.327 e. The molecule has 0 spiro atoms. The summed E-state index contributed by atoms with van der Waals surface area (Å²) in [4.78, 5) is 2.40. The molecule has 27 heavy (non-hydrogen) atoms. The zero-order chi connectivity index (χ0) is 19.4. The number of nitrogens with two attached hydrogens (primary N) is 1. The average Bonchev–Trinajstić information content (AvgIpc) is 2.65. The molecule has 2 atom stereocenters. The molecule has 0 aromatic heterocycles. The molecule has 1 fully saturated rings. The quantitative estimate of drug-likeness (QED) is 0.750. The third-order valence-electron chi connectivity index (χ3n) is 5.44. The summed E-state index contributed by atoms with van der Waals surface area (Å²) in [6.07, 6.45) is 3.23. The Morgan fingerprint density at radius 3 is 2.52 bits per heavy atom. The first kappa shape index (κ1) is 19.9. The van der Waals surface area contributed by atoms with E-state index in [9.17, 15) is 13.2 Å². The van der Waals surface area contributed by atoms with Crippen molar-refractivity contribution in [1.82, 2.24) is 4.90 Å². The fraction of sp³-hybridized carbons (Fsp3) is 0.455. The Morgan fingerprint density at radius 1 is 1.07 bits per heavy atom. The Balaban J connectivity index is 1.52. The van der Waals surface area contributed by atoms with Gasteiger partial charge in [-0.2, -0.15) is 0 Å². The molecular weight excluding hydrogens is 349 g/mol. The first-order valence-electron chi connectivity index (χ1n) is 9.60. The van der Waals surface area contributed by atoms with Crippen LogP contribution in [-0.2, 0) is 6.42 Å². The van der Waals surface area contributed by atoms with Crippen LogP contribution in [0.15, 0.2) is 36.4 Å². The van der Waals surface area contributed by atoms with Gasteiger partial charge in [0.05, 0.1) is 0 Å². The van der Waals surface area contributed by atoms with Gasteiger partial charge in [0, 0.05) is 18.7 Å². The zero-order valence-corrected chi connectivity index (χ0v) is 15.7. The van der Waals surface area contributed by atoms with Gasteiger partial charge in [-0.3, -0.25) is 0 Å². The molecule has 5 heteroatoms. The number of piperidine rings is 1. The van der Waals surface area contributed by atoms with Gasteiger partial charge in [0.2, 0.25) is 0 Å². The molecule has 1 aliphatic heterocycles. The minimum absolute atomic E-state index is 0.137. The molecule has 0 aliphatic carbocycles. The lowest BCUT2D eigenvalue weighted by atomic mass is 9.90. The number of aryl methyl sites for hydroxylation is 1. The molecule has 2 aromatic carbocycles. The highest BCUT2D eigenvalue weighted by Gasteiger charge is 2.22. The lowest BCUT2D eigenvalue weighted by Gasteiger charge is -2.33. The maximum atomic E-state index is 13.8. The van der Waals surface area contributed by atoms with Gasteiger partial charge in [-0.25, -0.2) is 13.2 Å². The number of hydrogen-bond acceptors (Lipinski definition) is 2. The van der Waals surface area contributed by atoms with Crippen LogP contribution in [0.4, 0.5) is 13.2 Å². The maximum absolute atomic E-state index is 13.8. The Hall–Kier alpha value is -1.85. The van der Waals surface area contributed by atoms with Crippen LogP contribution in [0.3, 0.4) is 0 Å². The lowest BCUT2D eigenvalue weighted by Crippen LogP contribution is -2.38. The molecule has 146 valence electrons. The van der Waals surface area contributed by atoms with E-state index in [2.05, 4.69) is 36.1 Å². The second-order valence-corrected chi connectivity index (χ2v) is 7.66. The maximum Gasteiger partial charge on any atom is 0.161 e. The molecule has 1 heterocycles. The lowest BCUT2D eigenvalue weighted by molar-refractivity contribution is 0.201. The van der Waals surface area contributed by atoms with E-state index in [1.165, 1.54) is 17.5 Å². The van der Waals surface area contributed by atoms with Crippen LogP contribution in [0, 0.1) is 24.4 Å². The average molecular weight is 376 g/mol. The molecule has 0 amide bonds. The summed E-state index contributed by atoms with van der Waals surface area (Å²) < 4.78 is 40.1. The topological polar surface area (TPSA) is 29.3 Å². The Labute approximate surface area is 159 Å². The molecule has 2 N–H and O–H groups in total. The van der Waals surface area contributed by atoms with Crippen LogP contribution in [0.5, 0.6) is 0 Å². The summed E-state index contributed by atoms with van der Waals surface area (Å²) >= 11 is 0. The van der Waals surface area contributed by atoms with Gasteiger partial charge < -0.3 is 10.6 Å².